The number of aromatic amines is 1. The maximum atomic E-state index is 14.4. The van der Waals surface area contributed by atoms with Crippen LogP contribution in [0.2, 0.25) is 0 Å². The molecule has 1 aromatic heterocycles. The smallest absolute Gasteiger partial charge is 0.326 e. The third-order valence-electron chi connectivity index (χ3n) is 20.6. The van der Waals surface area contributed by atoms with Gasteiger partial charge in [-0.05, 0) is 143 Å². The first-order valence-corrected chi connectivity index (χ1v) is 46.3. The summed E-state index contributed by atoms with van der Waals surface area (Å²) >= 11 is 2.77. The Morgan fingerprint density at radius 2 is 0.760 bits per heavy atom. The molecule has 0 fully saturated rings. The van der Waals surface area contributed by atoms with Gasteiger partial charge in [-0.25, -0.2) is 4.79 Å². The van der Waals surface area contributed by atoms with Gasteiger partial charge < -0.3 is 122 Å². The van der Waals surface area contributed by atoms with Crippen molar-refractivity contribution in [1.82, 2.24) is 95.4 Å². The second-order valence-corrected chi connectivity index (χ2v) is 36.6. The molecule has 1 aromatic carbocycles. The van der Waals surface area contributed by atoms with Crippen LogP contribution in [0.15, 0.2) is 30.5 Å². The van der Waals surface area contributed by atoms with Crippen molar-refractivity contribution in [2.75, 3.05) is 50.3 Å². The predicted octanol–water partition coefficient (Wildman–Crippen LogP) is -3.01. The van der Waals surface area contributed by atoms with Crippen molar-refractivity contribution in [3.63, 3.8) is 0 Å². The fraction of sp³-hybridized carbons (Fsp3) is 0.682. The number of para-hydroxylation sites is 1. The molecular weight excluding hydrogens is 1720 g/mol. The molecule has 1 heterocycles. The number of nitrogens with two attached hydrogens (primary N) is 2. The molecule has 0 unspecified atom stereocenters. The lowest BCUT2D eigenvalue weighted by molar-refractivity contribution is -0.141. The number of carboxylic acid groups (broad SMARTS) is 1. The number of carbonyl (C=O) groups excluding carboxylic acids is 18. The highest BCUT2D eigenvalue weighted by molar-refractivity contribution is 7.98. The fourth-order valence-corrected chi connectivity index (χ4v) is 14.1. The van der Waals surface area contributed by atoms with Gasteiger partial charge in [0.05, 0.1) is 38.4 Å². The summed E-state index contributed by atoms with van der Waals surface area (Å²) in [6.45, 7) is 24.5. The summed E-state index contributed by atoms with van der Waals surface area (Å²) in [5.41, 5.74) is 12.8. The van der Waals surface area contributed by atoms with Crippen molar-refractivity contribution in [2.24, 2.45) is 52.9 Å². The Bertz CT molecular complexity index is 4110. The minimum atomic E-state index is -1.74. The Hall–Kier alpha value is -10.7. The van der Waals surface area contributed by atoms with E-state index in [0.717, 1.165) is 10.9 Å². The first-order valence-electron chi connectivity index (χ1n) is 43.5. The zero-order valence-electron chi connectivity index (χ0n) is 77.5. The second kappa shape index (κ2) is 58.0. The van der Waals surface area contributed by atoms with Gasteiger partial charge in [0.1, 0.15) is 84.6 Å². The SMILES string of the molecule is CC[C@H](C)[C@H](NC(=O)[C@H](CCC(N)=O)NC(=O)[C@H](CCSC)NC(=O)CNC(=O)[C@H](C)NC(=O)[C@H](CO)NC(=O)[C@H](C)NC(=O)[C@@H](N)CCSC)C(=O)N[C@@H](CC(C)C)C(=O)NCC(=O)N[C@H](C(=O)N[C@H](C(=O)N[C@@H](CC(C)C)C(=O)N[C@H](C(=O)N[C@@H](CC(C)C)C(=O)N[C@@H](CC(C)C)C(=O)NCC(=O)N[C@@H](Cc1c[nH]c2ccccc12)C(=O)O)[C@@H](C)O)C(C)C)C(C)C. The van der Waals surface area contributed by atoms with Crippen molar-refractivity contribution in [2.45, 2.75) is 279 Å². The highest BCUT2D eigenvalue weighted by Crippen LogP contribution is 2.21. The summed E-state index contributed by atoms with van der Waals surface area (Å²) in [6, 6.07) is -13.4. The topological polar surface area (TPSA) is 657 Å². The minimum Gasteiger partial charge on any atom is -0.480 e. The maximum absolute atomic E-state index is 14.4. The number of aromatic nitrogens is 1. The molecule has 17 atom stereocenters. The predicted molar refractivity (Wildman–Crippen MR) is 485 cm³/mol. The lowest BCUT2D eigenvalue weighted by atomic mass is 9.96. The molecule has 0 aliphatic heterocycles. The summed E-state index contributed by atoms with van der Waals surface area (Å²) in [7, 11) is 0. The number of carbonyl (C=O) groups is 19. The number of benzene rings is 1. The van der Waals surface area contributed by atoms with Gasteiger partial charge in [0.25, 0.3) is 0 Å². The maximum Gasteiger partial charge on any atom is 0.326 e. The number of primary amides is 1. The van der Waals surface area contributed by atoms with E-state index in [0.29, 0.717) is 17.7 Å². The van der Waals surface area contributed by atoms with Crippen LogP contribution in [-0.4, -0.2) is 280 Å². The molecule has 42 nitrogen and oxygen atoms in total. The van der Waals surface area contributed by atoms with Gasteiger partial charge >= 0.3 is 5.97 Å². The van der Waals surface area contributed by atoms with Gasteiger partial charge in [0.15, 0.2) is 0 Å². The molecule has 726 valence electrons. The van der Waals surface area contributed by atoms with Crippen LogP contribution in [0.4, 0.5) is 0 Å². The Balaban J connectivity index is 2.25. The normalized spacial score (nSPS) is 15.4. The third-order valence-corrected chi connectivity index (χ3v) is 21.9. The zero-order valence-corrected chi connectivity index (χ0v) is 79.2. The number of hydrogen-bond donors (Lipinski definition) is 23. The standard InChI is InChI=1S/C85H142N20O22S2/c1-20-47(14)69(104-77(118)55(25-26-63(87)108)96-76(117)56(28-30-129-19)94-64(109)37-89-71(112)48(15)93-80(121)62(40-106)101-72(113)49(16)92-73(114)53(86)27-29-128-18)83(124)98-58(32-42(4)5)75(116)91-39-66(111)102-67(45(10)11)82(123)103-68(46(12)13)81(122)99-60(34-44(8)9)79(120)105-70(50(17)107)84(125)100-59(33-43(6)7)78(119)97-57(31-41(2)3)74(115)90-38-65(110)95-61(85(126)127)35-51-36-88-54-24-22-21-23-52(51)54/h21-24,36,41-50,53,55-62,67-70,88,106-107H,20,25-35,37-40,86H2,1-19H3,(H2,87,108)(H,89,112)(H,90,115)(H,91,116)(H,92,114)(H,93,121)(H,94,109)(H,95,110)(H,96,117)(H,97,119)(H,98,124)(H,99,122)(H,100,125)(H,101,113)(H,102,111)(H,103,123)(H,104,118)(H,105,120)(H,126,127)/t47-,48-,49-,50+,53-,55-,56-,57-,58-,59-,60-,61-,62-,67-,68-,69-,70-/m0/s1. The molecule has 25 N–H and O–H groups in total. The van der Waals surface area contributed by atoms with Gasteiger partial charge in [-0.3, -0.25) is 86.3 Å². The first-order chi connectivity index (χ1) is 60.4. The number of hydrogen-bond acceptors (Lipinski definition) is 24. The van der Waals surface area contributed by atoms with Gasteiger partial charge in [-0.1, -0.05) is 122 Å². The minimum absolute atomic E-state index is 0.00664. The number of aliphatic hydroxyl groups excluding tert-OH is 2. The van der Waals surface area contributed by atoms with E-state index in [2.05, 4.69) is 95.4 Å². The Kier molecular flexibility index (Phi) is 51.4. The van der Waals surface area contributed by atoms with Crippen molar-refractivity contribution in [3.05, 3.63) is 36.0 Å². The summed E-state index contributed by atoms with van der Waals surface area (Å²) in [4.78, 5) is 262. The third kappa shape index (κ3) is 41.7. The van der Waals surface area contributed by atoms with E-state index in [1.54, 1.807) is 122 Å². The van der Waals surface area contributed by atoms with Crippen LogP contribution in [0.1, 0.15) is 181 Å². The molecule has 0 aliphatic rings. The fourth-order valence-electron chi connectivity index (χ4n) is 13.1. The molecule has 18 amide bonds. The molecule has 2 aromatic rings. The molecule has 0 aliphatic carbocycles. The summed E-state index contributed by atoms with van der Waals surface area (Å²) in [5.74, 6) is -19.2. The molecule has 129 heavy (non-hydrogen) atoms. The molecule has 0 saturated carbocycles. The monoisotopic (exact) mass is 1860 g/mol. The number of carboxylic acids is 1. The van der Waals surface area contributed by atoms with E-state index < -0.39 is 266 Å². The van der Waals surface area contributed by atoms with Gasteiger partial charge in [0, 0.05) is 29.9 Å². The van der Waals surface area contributed by atoms with Gasteiger partial charge in [-0.15, -0.1) is 0 Å². The van der Waals surface area contributed by atoms with Crippen LogP contribution in [0.3, 0.4) is 0 Å². The van der Waals surface area contributed by atoms with Crippen molar-refractivity contribution < 1.29 is 106 Å². The average molecular weight is 1860 g/mol. The molecule has 0 saturated heterocycles. The lowest BCUT2D eigenvalue weighted by Gasteiger charge is -2.30. The number of thioether (sulfide) groups is 2. The van der Waals surface area contributed by atoms with Crippen LogP contribution < -0.4 is 102 Å². The van der Waals surface area contributed by atoms with E-state index in [1.165, 1.54) is 44.3 Å². The van der Waals surface area contributed by atoms with Gasteiger partial charge in [-0.2, -0.15) is 23.5 Å². The average Bonchev–Trinajstić information content (AvgIpc) is 1.67. The zero-order chi connectivity index (χ0) is 98.0. The Labute approximate surface area is 762 Å². The van der Waals surface area contributed by atoms with Crippen LogP contribution >= 0.6 is 23.5 Å². The number of nitrogens with one attached hydrogen (secondary N) is 18. The number of H-pyrrole nitrogens is 1. The number of amides is 18. The van der Waals surface area contributed by atoms with E-state index in [9.17, 15) is 106 Å². The van der Waals surface area contributed by atoms with Crippen LogP contribution in [0.5, 0.6) is 0 Å². The summed E-state index contributed by atoms with van der Waals surface area (Å²) in [6.07, 6.45) is 3.24. The molecule has 0 bridgehead atoms. The lowest BCUT2D eigenvalue weighted by Crippen LogP contribution is -2.62. The van der Waals surface area contributed by atoms with E-state index in [1.807, 2.05) is 18.4 Å². The van der Waals surface area contributed by atoms with Crippen LogP contribution in [-0.2, 0) is 97.5 Å². The second-order valence-electron chi connectivity index (χ2n) is 34.6. The first kappa shape index (κ1) is 114. The number of rotatable bonds is 60. The Morgan fingerprint density at radius 3 is 1.23 bits per heavy atom. The highest BCUT2D eigenvalue weighted by Gasteiger charge is 2.40. The molecular formula is C85H142N20O22S2. The van der Waals surface area contributed by atoms with Crippen LogP contribution in [0.25, 0.3) is 10.9 Å². The molecule has 0 radical (unpaired) electrons. The summed E-state index contributed by atoms with van der Waals surface area (Å²) < 4.78 is 0. The quantitative estimate of drug-likeness (QED) is 0.0314. The van der Waals surface area contributed by atoms with Gasteiger partial charge in [0.2, 0.25) is 106 Å². The number of aliphatic hydroxyl groups is 2. The molecule has 2 rings (SSSR count). The van der Waals surface area contributed by atoms with E-state index in [4.69, 9.17) is 11.5 Å². The van der Waals surface area contributed by atoms with Crippen molar-refractivity contribution in [1.29, 1.82) is 0 Å². The Morgan fingerprint density at radius 1 is 0.395 bits per heavy atom. The number of aliphatic carboxylic acids is 1. The van der Waals surface area contributed by atoms with Crippen LogP contribution in [0, 0.1) is 41.4 Å². The largest absolute Gasteiger partial charge is 0.480 e. The molecule has 0 spiro atoms. The summed E-state index contributed by atoms with van der Waals surface area (Å²) in [5, 5.41) is 74.5. The molecule has 44 heteroatoms. The van der Waals surface area contributed by atoms with E-state index >= 15 is 0 Å². The highest BCUT2D eigenvalue weighted by atomic mass is 32.2. The van der Waals surface area contributed by atoms with Crippen molar-refractivity contribution in [3.8, 4) is 0 Å². The van der Waals surface area contributed by atoms with E-state index in [-0.39, 0.29) is 74.4 Å². The number of fused-ring (bicyclic) bond motifs is 1. The van der Waals surface area contributed by atoms with Crippen molar-refractivity contribution >= 4 is 147 Å².